The molecule has 0 bridgehead atoms. The summed E-state index contributed by atoms with van der Waals surface area (Å²) in [6.45, 7) is 0.408. The van der Waals surface area contributed by atoms with Gasteiger partial charge in [-0.3, -0.25) is 4.79 Å². The summed E-state index contributed by atoms with van der Waals surface area (Å²) >= 11 is 0. The standard InChI is InChI=1S/C28H29N3O6S/c32-17-21-4-1-2-15-31(21)38(34,35)22-10-7-19(8-11-22)23-5-3-6-26(29-23)30-27(33)28(13-14-28)20-9-12-24-25(16-20)37-18-36-24/h3,5-12,16,21,32H,1-2,4,13-15,17-18H2,(H,29,30,33). The number of hydrogen-bond acceptors (Lipinski definition) is 7. The summed E-state index contributed by atoms with van der Waals surface area (Å²) in [5.74, 6) is 1.64. The third-order valence-corrected chi connectivity index (χ3v) is 9.61. The number of amides is 1. The molecule has 3 aromatic rings. The van der Waals surface area contributed by atoms with E-state index in [-0.39, 0.29) is 30.2 Å². The Morgan fingerprint density at radius 2 is 1.84 bits per heavy atom. The van der Waals surface area contributed by atoms with E-state index in [1.165, 1.54) is 4.31 Å². The van der Waals surface area contributed by atoms with Gasteiger partial charge in [-0.25, -0.2) is 13.4 Å². The molecule has 2 aliphatic heterocycles. The number of aliphatic hydroxyl groups excluding tert-OH is 1. The van der Waals surface area contributed by atoms with Crippen molar-refractivity contribution in [2.45, 2.75) is 48.5 Å². The fourth-order valence-corrected chi connectivity index (χ4v) is 6.96. The molecule has 1 aliphatic carbocycles. The zero-order valence-electron chi connectivity index (χ0n) is 20.8. The highest BCUT2D eigenvalue weighted by Gasteiger charge is 2.51. The van der Waals surface area contributed by atoms with Gasteiger partial charge in [-0.1, -0.05) is 30.7 Å². The molecule has 0 spiro atoms. The summed E-state index contributed by atoms with van der Waals surface area (Å²) in [6.07, 6.45) is 3.83. The first kappa shape index (κ1) is 24.8. The number of carbonyl (C=O) groups is 1. The first-order chi connectivity index (χ1) is 18.4. The highest BCUT2D eigenvalue weighted by atomic mass is 32.2. The van der Waals surface area contributed by atoms with Gasteiger partial charge in [0.05, 0.1) is 22.6 Å². The molecule has 3 heterocycles. The molecule has 3 aliphatic rings. The van der Waals surface area contributed by atoms with Crippen molar-refractivity contribution in [3.05, 3.63) is 66.2 Å². The topological polar surface area (TPSA) is 118 Å². The number of anilines is 1. The number of pyridine rings is 1. The first-order valence-electron chi connectivity index (χ1n) is 12.8. The number of aromatic nitrogens is 1. The van der Waals surface area contributed by atoms with Gasteiger partial charge in [0.1, 0.15) is 5.82 Å². The van der Waals surface area contributed by atoms with Crippen LogP contribution in [0.25, 0.3) is 11.3 Å². The lowest BCUT2D eigenvalue weighted by Gasteiger charge is -2.33. The van der Waals surface area contributed by atoms with Crippen molar-refractivity contribution >= 4 is 21.7 Å². The smallest absolute Gasteiger partial charge is 0.243 e. The molecule has 2 aromatic carbocycles. The predicted octanol–water partition coefficient (Wildman–Crippen LogP) is 3.68. The largest absolute Gasteiger partial charge is 0.454 e. The zero-order valence-corrected chi connectivity index (χ0v) is 21.6. The van der Waals surface area contributed by atoms with Gasteiger partial charge in [-0.05, 0) is 67.6 Å². The molecule has 0 radical (unpaired) electrons. The normalized spacial score (nSPS) is 20.2. The van der Waals surface area contributed by atoms with Crippen LogP contribution in [0.5, 0.6) is 11.5 Å². The summed E-state index contributed by atoms with van der Waals surface area (Å²) in [7, 11) is -3.71. The Morgan fingerprint density at radius 3 is 2.61 bits per heavy atom. The summed E-state index contributed by atoms with van der Waals surface area (Å²) < 4.78 is 38.7. The molecule has 1 saturated heterocycles. The second kappa shape index (κ2) is 9.68. The van der Waals surface area contributed by atoms with Crippen LogP contribution in [-0.4, -0.2) is 54.7 Å². The number of ether oxygens (including phenoxy) is 2. The van der Waals surface area contributed by atoms with Gasteiger partial charge in [-0.15, -0.1) is 0 Å². The van der Waals surface area contributed by atoms with Crippen LogP contribution in [0, 0.1) is 0 Å². The van der Waals surface area contributed by atoms with Crippen LogP contribution in [0.3, 0.4) is 0 Å². The number of benzene rings is 2. The van der Waals surface area contributed by atoms with Crippen LogP contribution in [0.15, 0.2) is 65.6 Å². The minimum Gasteiger partial charge on any atom is -0.454 e. The zero-order chi connectivity index (χ0) is 26.3. The van der Waals surface area contributed by atoms with Gasteiger partial charge in [0.2, 0.25) is 22.7 Å². The average molecular weight is 536 g/mol. The maximum absolute atomic E-state index is 13.3. The molecular weight excluding hydrogens is 506 g/mol. The lowest BCUT2D eigenvalue weighted by Crippen LogP contribution is -2.45. The van der Waals surface area contributed by atoms with Gasteiger partial charge in [0.25, 0.3) is 0 Å². The molecule has 198 valence electrons. The molecule has 1 aromatic heterocycles. The maximum atomic E-state index is 13.3. The van der Waals surface area contributed by atoms with E-state index in [0.717, 1.165) is 36.8 Å². The summed E-state index contributed by atoms with van der Waals surface area (Å²) in [5.41, 5.74) is 1.62. The van der Waals surface area contributed by atoms with Crippen molar-refractivity contribution in [1.82, 2.24) is 9.29 Å². The van der Waals surface area contributed by atoms with Crippen molar-refractivity contribution in [2.24, 2.45) is 0 Å². The Bertz CT molecular complexity index is 1470. The summed E-state index contributed by atoms with van der Waals surface area (Å²) in [5, 5.41) is 12.6. The van der Waals surface area contributed by atoms with E-state index in [9.17, 15) is 18.3 Å². The van der Waals surface area contributed by atoms with Crippen molar-refractivity contribution in [2.75, 3.05) is 25.3 Å². The Balaban J connectivity index is 1.19. The highest BCUT2D eigenvalue weighted by Crippen LogP contribution is 2.51. The minimum absolute atomic E-state index is 0.123. The van der Waals surface area contributed by atoms with Crippen LogP contribution < -0.4 is 14.8 Å². The van der Waals surface area contributed by atoms with E-state index >= 15 is 0 Å². The molecule has 6 rings (SSSR count). The fraction of sp³-hybridized carbons (Fsp3) is 0.357. The van der Waals surface area contributed by atoms with Gasteiger partial charge in [0.15, 0.2) is 11.5 Å². The number of sulfonamides is 1. The first-order valence-corrected chi connectivity index (χ1v) is 14.3. The van der Waals surface area contributed by atoms with Gasteiger partial charge in [0, 0.05) is 18.2 Å². The van der Waals surface area contributed by atoms with E-state index in [2.05, 4.69) is 10.3 Å². The number of aliphatic hydroxyl groups is 1. The van der Waals surface area contributed by atoms with Crippen LogP contribution in [0.2, 0.25) is 0 Å². The quantitative estimate of drug-likeness (QED) is 0.474. The Kier molecular flexibility index (Phi) is 6.33. The molecule has 9 nitrogen and oxygen atoms in total. The van der Waals surface area contributed by atoms with Crippen LogP contribution in [-0.2, 0) is 20.2 Å². The molecule has 38 heavy (non-hydrogen) atoms. The second-order valence-electron chi connectivity index (χ2n) is 9.98. The molecule has 2 N–H and O–H groups in total. The lowest BCUT2D eigenvalue weighted by atomic mass is 9.94. The highest BCUT2D eigenvalue weighted by molar-refractivity contribution is 7.89. The SMILES string of the molecule is O=C(Nc1cccc(-c2ccc(S(=O)(=O)N3CCCCC3CO)cc2)n1)C1(c2ccc3c(c2)OCO3)CC1. The molecule has 1 unspecified atom stereocenters. The molecule has 2 fully saturated rings. The second-order valence-corrected chi connectivity index (χ2v) is 11.9. The predicted molar refractivity (Wildman–Crippen MR) is 140 cm³/mol. The Hall–Kier alpha value is -3.47. The number of rotatable bonds is 7. The monoisotopic (exact) mass is 535 g/mol. The summed E-state index contributed by atoms with van der Waals surface area (Å²) in [4.78, 5) is 18.1. The number of hydrogen-bond donors (Lipinski definition) is 2. The van der Waals surface area contributed by atoms with E-state index in [1.807, 2.05) is 30.3 Å². The lowest BCUT2D eigenvalue weighted by molar-refractivity contribution is -0.118. The van der Waals surface area contributed by atoms with Gasteiger partial charge in [-0.2, -0.15) is 4.31 Å². The number of fused-ring (bicyclic) bond motifs is 1. The third-order valence-electron chi connectivity index (χ3n) is 7.64. The maximum Gasteiger partial charge on any atom is 0.243 e. The van der Waals surface area contributed by atoms with Crippen LogP contribution in [0.1, 0.15) is 37.7 Å². The van der Waals surface area contributed by atoms with E-state index in [4.69, 9.17) is 9.47 Å². The molecule has 1 saturated carbocycles. The molecular formula is C28H29N3O6S. The van der Waals surface area contributed by atoms with E-state index < -0.39 is 15.4 Å². The fourth-order valence-electron chi connectivity index (χ4n) is 5.27. The summed E-state index contributed by atoms with van der Waals surface area (Å²) in [6, 6.07) is 17.2. The van der Waals surface area contributed by atoms with Crippen LogP contribution >= 0.6 is 0 Å². The average Bonchev–Trinajstić information content (AvgIpc) is 3.64. The minimum atomic E-state index is -3.71. The van der Waals surface area contributed by atoms with Gasteiger partial charge < -0.3 is 19.9 Å². The number of nitrogens with one attached hydrogen (secondary N) is 1. The van der Waals surface area contributed by atoms with Crippen molar-refractivity contribution in [3.63, 3.8) is 0 Å². The molecule has 1 atom stereocenters. The molecule has 1 amide bonds. The van der Waals surface area contributed by atoms with E-state index in [0.29, 0.717) is 36.0 Å². The Morgan fingerprint density at radius 1 is 1.05 bits per heavy atom. The number of carbonyl (C=O) groups excluding carboxylic acids is 1. The Labute approximate surface area is 221 Å². The van der Waals surface area contributed by atoms with Crippen molar-refractivity contribution < 1.29 is 27.8 Å². The van der Waals surface area contributed by atoms with Crippen LogP contribution in [0.4, 0.5) is 5.82 Å². The molecule has 10 heteroatoms. The van der Waals surface area contributed by atoms with Crippen molar-refractivity contribution in [1.29, 1.82) is 0 Å². The number of piperidine rings is 1. The van der Waals surface area contributed by atoms with Crippen molar-refractivity contribution in [3.8, 4) is 22.8 Å². The van der Waals surface area contributed by atoms with E-state index in [1.54, 1.807) is 30.3 Å². The van der Waals surface area contributed by atoms with Gasteiger partial charge >= 0.3 is 0 Å². The third kappa shape index (κ3) is 4.42. The number of nitrogens with zero attached hydrogens (tertiary/aromatic N) is 2.